The topological polar surface area (TPSA) is 43.4 Å². The number of hydrogen-bond donors (Lipinski definition) is 1. The Labute approximate surface area is 129 Å². The van der Waals surface area contributed by atoms with Crippen molar-refractivity contribution in [1.82, 2.24) is 10.3 Å². The normalized spacial score (nSPS) is 15.9. The van der Waals surface area contributed by atoms with E-state index in [1.54, 1.807) is 11.3 Å². The predicted molar refractivity (Wildman–Crippen MR) is 84.0 cm³/mol. The number of hydrogen-bond acceptors (Lipinski definition) is 5. The number of nitrogens with zero attached hydrogens (tertiary/aromatic N) is 1. The molecule has 21 heavy (non-hydrogen) atoms. The van der Waals surface area contributed by atoms with Crippen LogP contribution in [0.25, 0.3) is 0 Å². The summed E-state index contributed by atoms with van der Waals surface area (Å²) in [4.78, 5) is 4.49. The third-order valence-corrected chi connectivity index (χ3v) is 4.86. The van der Waals surface area contributed by atoms with Crippen molar-refractivity contribution in [3.63, 3.8) is 0 Å². The first-order valence-corrected chi connectivity index (χ1v) is 8.13. The van der Waals surface area contributed by atoms with Crippen molar-refractivity contribution in [3.05, 3.63) is 40.3 Å². The second-order valence-corrected chi connectivity index (χ2v) is 6.28. The van der Waals surface area contributed by atoms with Gasteiger partial charge in [-0.25, -0.2) is 4.98 Å². The summed E-state index contributed by atoms with van der Waals surface area (Å²) < 4.78 is 10.8. The molecule has 0 fully saturated rings. The highest BCUT2D eigenvalue weighted by molar-refractivity contribution is 7.09. The van der Waals surface area contributed by atoms with E-state index >= 15 is 0 Å². The molecule has 0 saturated carbocycles. The maximum Gasteiger partial charge on any atom is 0.231 e. The van der Waals surface area contributed by atoms with Crippen LogP contribution in [0.4, 0.5) is 0 Å². The lowest BCUT2D eigenvalue weighted by atomic mass is 9.93. The first-order valence-electron chi connectivity index (χ1n) is 7.25. The van der Waals surface area contributed by atoms with Gasteiger partial charge >= 0.3 is 0 Å². The van der Waals surface area contributed by atoms with E-state index < -0.39 is 0 Å². The molecule has 112 valence electrons. The molecule has 1 aromatic carbocycles. The van der Waals surface area contributed by atoms with Crippen molar-refractivity contribution in [1.29, 1.82) is 0 Å². The number of fused-ring (bicyclic) bond motifs is 1. The molecule has 1 aliphatic heterocycles. The Hall–Kier alpha value is -1.59. The number of nitrogens with one attached hydrogen (secondary N) is 1. The van der Waals surface area contributed by atoms with E-state index in [2.05, 4.69) is 36.3 Å². The Kier molecular flexibility index (Phi) is 4.12. The van der Waals surface area contributed by atoms with E-state index in [9.17, 15) is 0 Å². The summed E-state index contributed by atoms with van der Waals surface area (Å²) in [7, 11) is 0. The molecule has 1 N–H and O–H groups in total. The molecule has 1 aliphatic rings. The van der Waals surface area contributed by atoms with Gasteiger partial charge in [-0.15, -0.1) is 11.3 Å². The zero-order chi connectivity index (χ0) is 14.7. The van der Waals surface area contributed by atoms with Gasteiger partial charge in [0.25, 0.3) is 0 Å². The van der Waals surface area contributed by atoms with Crippen LogP contribution in [0.15, 0.2) is 29.8 Å². The van der Waals surface area contributed by atoms with E-state index in [1.807, 2.05) is 17.6 Å². The van der Waals surface area contributed by atoms with E-state index in [1.165, 1.54) is 5.56 Å². The minimum absolute atomic E-state index is 0.0840. The minimum atomic E-state index is -0.0840. The van der Waals surface area contributed by atoms with Crippen LogP contribution in [0.2, 0.25) is 0 Å². The van der Waals surface area contributed by atoms with Crippen LogP contribution in [0, 0.1) is 0 Å². The molecular weight excluding hydrogens is 284 g/mol. The lowest BCUT2D eigenvalue weighted by Crippen LogP contribution is -2.39. The molecule has 5 heteroatoms. The first-order chi connectivity index (χ1) is 10.2. The molecule has 2 heterocycles. The second-order valence-electron chi connectivity index (χ2n) is 5.39. The molecule has 0 spiro atoms. The fourth-order valence-corrected chi connectivity index (χ4v) is 3.45. The van der Waals surface area contributed by atoms with Crippen molar-refractivity contribution in [2.24, 2.45) is 0 Å². The zero-order valence-electron chi connectivity index (χ0n) is 12.4. The molecule has 4 nitrogen and oxygen atoms in total. The average Bonchev–Trinajstić information content (AvgIpc) is 3.16. The maximum atomic E-state index is 5.44. The Morgan fingerprint density at radius 1 is 1.33 bits per heavy atom. The Morgan fingerprint density at radius 3 is 2.95 bits per heavy atom. The maximum absolute atomic E-state index is 5.44. The summed E-state index contributed by atoms with van der Waals surface area (Å²) in [6.07, 6.45) is 3.84. The molecule has 0 amide bonds. The van der Waals surface area contributed by atoms with Crippen molar-refractivity contribution in [3.8, 4) is 11.5 Å². The van der Waals surface area contributed by atoms with Gasteiger partial charge in [0.05, 0.1) is 5.54 Å². The highest BCUT2D eigenvalue weighted by atomic mass is 32.1. The summed E-state index contributed by atoms with van der Waals surface area (Å²) in [6, 6.07) is 6.18. The molecule has 0 aliphatic carbocycles. The van der Waals surface area contributed by atoms with Gasteiger partial charge in [-0.2, -0.15) is 0 Å². The average molecular weight is 304 g/mol. The van der Waals surface area contributed by atoms with Crippen LogP contribution in [-0.4, -0.2) is 18.3 Å². The minimum Gasteiger partial charge on any atom is -0.454 e. The van der Waals surface area contributed by atoms with Crippen LogP contribution in [0.5, 0.6) is 11.5 Å². The van der Waals surface area contributed by atoms with E-state index in [0.29, 0.717) is 6.79 Å². The smallest absolute Gasteiger partial charge is 0.231 e. The number of thiazole rings is 1. The highest BCUT2D eigenvalue weighted by Gasteiger charge is 2.28. The standard InChI is InChI=1S/C16H20N2O2S/c1-3-18-16(2,15-17-8-9-21-15)7-6-12-4-5-13-14(10-12)20-11-19-13/h4-5,8-10,18H,3,6-7,11H2,1-2H3. The van der Waals surface area contributed by atoms with Crippen LogP contribution in [0.1, 0.15) is 30.8 Å². The molecule has 0 bridgehead atoms. The predicted octanol–water partition coefficient (Wildman–Crippen LogP) is 3.33. The van der Waals surface area contributed by atoms with E-state index in [-0.39, 0.29) is 5.54 Å². The number of rotatable bonds is 6. The first kappa shape index (κ1) is 14.4. The third kappa shape index (κ3) is 3.04. The van der Waals surface area contributed by atoms with Crippen LogP contribution in [-0.2, 0) is 12.0 Å². The van der Waals surface area contributed by atoms with Crippen LogP contribution in [0.3, 0.4) is 0 Å². The third-order valence-electron chi connectivity index (χ3n) is 3.82. The van der Waals surface area contributed by atoms with Gasteiger partial charge in [-0.1, -0.05) is 13.0 Å². The quantitative estimate of drug-likeness (QED) is 0.889. The monoisotopic (exact) mass is 304 g/mol. The fourth-order valence-electron chi connectivity index (χ4n) is 2.65. The second kappa shape index (κ2) is 6.03. The van der Waals surface area contributed by atoms with Crippen LogP contribution >= 0.6 is 11.3 Å². The molecule has 0 radical (unpaired) electrons. The van der Waals surface area contributed by atoms with Crippen molar-refractivity contribution in [2.75, 3.05) is 13.3 Å². The van der Waals surface area contributed by atoms with Gasteiger partial charge < -0.3 is 14.8 Å². The molecule has 1 unspecified atom stereocenters. The van der Waals surface area contributed by atoms with Gasteiger partial charge in [-0.3, -0.25) is 0 Å². The number of aromatic nitrogens is 1. The van der Waals surface area contributed by atoms with Gasteiger partial charge in [-0.05, 0) is 44.0 Å². The summed E-state index contributed by atoms with van der Waals surface area (Å²) >= 11 is 1.71. The van der Waals surface area contributed by atoms with Gasteiger partial charge in [0.15, 0.2) is 11.5 Å². The fraction of sp³-hybridized carbons (Fsp3) is 0.438. The zero-order valence-corrected chi connectivity index (χ0v) is 13.2. The van der Waals surface area contributed by atoms with Crippen molar-refractivity contribution in [2.45, 2.75) is 32.2 Å². The van der Waals surface area contributed by atoms with Crippen molar-refractivity contribution >= 4 is 11.3 Å². The number of benzene rings is 1. The van der Waals surface area contributed by atoms with Crippen LogP contribution < -0.4 is 14.8 Å². The molecule has 1 aromatic heterocycles. The molecule has 1 atom stereocenters. The summed E-state index contributed by atoms with van der Waals surface area (Å²) in [5.74, 6) is 1.69. The van der Waals surface area contributed by atoms with Crippen molar-refractivity contribution < 1.29 is 9.47 Å². The lowest BCUT2D eigenvalue weighted by molar-refractivity contribution is 0.174. The van der Waals surface area contributed by atoms with Gasteiger partial charge in [0.1, 0.15) is 5.01 Å². The SMILES string of the molecule is CCNC(C)(CCc1ccc2c(c1)OCO2)c1nccs1. The molecule has 0 saturated heterocycles. The molecule has 2 aromatic rings. The van der Waals surface area contributed by atoms with E-state index in [4.69, 9.17) is 9.47 Å². The lowest BCUT2D eigenvalue weighted by Gasteiger charge is -2.28. The molecule has 3 rings (SSSR count). The number of ether oxygens (including phenoxy) is 2. The number of aryl methyl sites for hydroxylation is 1. The van der Waals surface area contributed by atoms with E-state index in [0.717, 1.165) is 35.9 Å². The Morgan fingerprint density at radius 2 is 2.19 bits per heavy atom. The Bertz CT molecular complexity index is 600. The highest BCUT2D eigenvalue weighted by Crippen LogP contribution is 2.34. The summed E-state index contributed by atoms with van der Waals surface area (Å²) in [5, 5.41) is 6.75. The summed E-state index contributed by atoms with van der Waals surface area (Å²) in [6.45, 7) is 5.61. The largest absolute Gasteiger partial charge is 0.454 e. The van der Waals surface area contributed by atoms with Gasteiger partial charge in [0.2, 0.25) is 6.79 Å². The summed E-state index contributed by atoms with van der Waals surface area (Å²) in [5.41, 5.74) is 1.18. The Balaban J connectivity index is 1.72. The van der Waals surface area contributed by atoms with Gasteiger partial charge in [0, 0.05) is 11.6 Å². The molecular formula is C16H20N2O2S.